The van der Waals surface area contributed by atoms with Gasteiger partial charge in [-0.1, -0.05) is 19.1 Å². The van der Waals surface area contributed by atoms with Crippen LogP contribution in [0.25, 0.3) is 10.9 Å². The standard InChI is InChI=1S/C19H21F2N3O3S2/c1-4-19(12(2)25,13-5-7-15(28-21)8-6-13)24-18-10-14(20)9-17(16(18)11-22-24)23-29(3,26)27/h5-12,23,25H,4H2,1-3H3. The zero-order chi connectivity index (χ0) is 21.4. The van der Waals surface area contributed by atoms with Gasteiger partial charge in [-0.2, -0.15) is 8.98 Å². The zero-order valence-electron chi connectivity index (χ0n) is 16.1. The van der Waals surface area contributed by atoms with Gasteiger partial charge in [0.15, 0.2) is 0 Å². The molecule has 0 fully saturated rings. The third-order valence-corrected chi connectivity index (χ3v) is 6.04. The lowest BCUT2D eigenvalue weighted by Gasteiger charge is -2.37. The fraction of sp³-hybridized carbons (Fsp3) is 0.316. The highest BCUT2D eigenvalue weighted by atomic mass is 32.2. The lowest BCUT2D eigenvalue weighted by molar-refractivity contribution is 0.0668. The van der Waals surface area contributed by atoms with Crippen molar-refractivity contribution in [3.8, 4) is 0 Å². The van der Waals surface area contributed by atoms with Gasteiger partial charge in [0, 0.05) is 10.3 Å². The van der Waals surface area contributed by atoms with Crippen molar-refractivity contribution in [2.24, 2.45) is 0 Å². The molecule has 0 aliphatic carbocycles. The molecule has 0 spiro atoms. The van der Waals surface area contributed by atoms with Crippen molar-refractivity contribution in [3.63, 3.8) is 0 Å². The minimum atomic E-state index is -3.63. The van der Waals surface area contributed by atoms with Crippen LogP contribution in [0.4, 0.5) is 14.0 Å². The van der Waals surface area contributed by atoms with Gasteiger partial charge in [0.2, 0.25) is 10.0 Å². The van der Waals surface area contributed by atoms with Gasteiger partial charge < -0.3 is 5.11 Å². The normalized spacial score (nSPS) is 15.2. The lowest BCUT2D eigenvalue weighted by atomic mass is 9.82. The number of anilines is 1. The Balaban J connectivity index is 2.29. The smallest absolute Gasteiger partial charge is 0.229 e. The summed E-state index contributed by atoms with van der Waals surface area (Å²) >= 11 is 0.114. The van der Waals surface area contributed by atoms with Crippen LogP contribution in [0, 0.1) is 5.82 Å². The third-order valence-electron chi connectivity index (χ3n) is 5.00. The first-order chi connectivity index (χ1) is 13.6. The van der Waals surface area contributed by atoms with Gasteiger partial charge in [0.1, 0.15) is 11.4 Å². The number of benzene rings is 2. The molecule has 3 rings (SSSR count). The van der Waals surface area contributed by atoms with Crippen LogP contribution in [-0.2, 0) is 15.6 Å². The summed E-state index contributed by atoms with van der Waals surface area (Å²) in [6.45, 7) is 3.46. The maximum absolute atomic E-state index is 14.3. The van der Waals surface area contributed by atoms with Crippen molar-refractivity contribution in [1.82, 2.24) is 9.78 Å². The van der Waals surface area contributed by atoms with E-state index < -0.39 is 27.5 Å². The number of nitrogens with one attached hydrogen (secondary N) is 1. The Morgan fingerprint density at radius 1 is 1.31 bits per heavy atom. The number of hydrogen-bond donors (Lipinski definition) is 2. The molecule has 0 aliphatic rings. The van der Waals surface area contributed by atoms with Gasteiger partial charge in [-0.25, -0.2) is 12.8 Å². The second kappa shape index (κ2) is 7.92. The van der Waals surface area contributed by atoms with Crippen molar-refractivity contribution in [1.29, 1.82) is 0 Å². The summed E-state index contributed by atoms with van der Waals surface area (Å²) in [5, 5.41) is 15.5. The van der Waals surface area contributed by atoms with Crippen molar-refractivity contribution in [2.75, 3.05) is 11.0 Å². The number of sulfonamides is 1. The number of fused-ring (bicyclic) bond motifs is 1. The molecule has 0 bridgehead atoms. The minimum absolute atomic E-state index is 0.0634. The number of nitrogens with zero attached hydrogens (tertiary/aromatic N) is 2. The second-order valence-electron chi connectivity index (χ2n) is 6.87. The monoisotopic (exact) mass is 441 g/mol. The van der Waals surface area contributed by atoms with E-state index in [1.165, 1.54) is 16.9 Å². The Morgan fingerprint density at radius 2 is 1.97 bits per heavy atom. The summed E-state index contributed by atoms with van der Waals surface area (Å²) < 4.78 is 54.3. The second-order valence-corrected chi connectivity index (χ2v) is 9.25. The average molecular weight is 442 g/mol. The van der Waals surface area contributed by atoms with Gasteiger partial charge >= 0.3 is 0 Å². The van der Waals surface area contributed by atoms with Crippen LogP contribution in [0.15, 0.2) is 47.5 Å². The van der Waals surface area contributed by atoms with E-state index in [9.17, 15) is 21.8 Å². The van der Waals surface area contributed by atoms with E-state index in [0.29, 0.717) is 27.8 Å². The number of rotatable bonds is 7. The van der Waals surface area contributed by atoms with E-state index in [1.807, 2.05) is 6.92 Å². The van der Waals surface area contributed by atoms with Crippen LogP contribution >= 0.6 is 12.1 Å². The zero-order valence-corrected chi connectivity index (χ0v) is 17.7. The summed E-state index contributed by atoms with van der Waals surface area (Å²) in [5.74, 6) is -0.648. The topological polar surface area (TPSA) is 84.2 Å². The molecular formula is C19H21F2N3O3S2. The molecule has 2 unspecified atom stereocenters. The Bertz CT molecular complexity index is 1130. The molecule has 0 saturated heterocycles. The van der Waals surface area contributed by atoms with Gasteiger partial charge in [-0.05, 0) is 43.2 Å². The summed E-state index contributed by atoms with van der Waals surface area (Å²) in [5.41, 5.74) is -0.0201. The van der Waals surface area contributed by atoms with Crippen LogP contribution in [0.2, 0.25) is 0 Å². The molecule has 2 atom stereocenters. The fourth-order valence-electron chi connectivity index (χ4n) is 3.68. The number of hydrogen-bond acceptors (Lipinski definition) is 5. The van der Waals surface area contributed by atoms with Crippen LogP contribution in [0.1, 0.15) is 25.8 Å². The van der Waals surface area contributed by atoms with Crippen LogP contribution < -0.4 is 4.72 Å². The highest BCUT2D eigenvalue weighted by Gasteiger charge is 2.40. The SMILES string of the molecule is CCC(c1ccc(SF)cc1)(C(C)O)n1ncc2c(NS(C)(=O)=O)cc(F)cc21. The molecule has 6 nitrogen and oxygen atoms in total. The molecule has 29 heavy (non-hydrogen) atoms. The highest BCUT2D eigenvalue weighted by molar-refractivity contribution is 7.94. The van der Waals surface area contributed by atoms with E-state index in [1.54, 1.807) is 31.2 Å². The van der Waals surface area contributed by atoms with E-state index >= 15 is 0 Å². The molecule has 2 aromatic carbocycles. The van der Waals surface area contributed by atoms with E-state index in [0.717, 1.165) is 12.3 Å². The molecule has 2 N–H and O–H groups in total. The molecule has 10 heteroatoms. The van der Waals surface area contributed by atoms with Gasteiger partial charge in [-0.3, -0.25) is 9.40 Å². The third kappa shape index (κ3) is 3.96. The molecule has 3 aromatic rings. The number of aliphatic hydroxyl groups is 1. The summed E-state index contributed by atoms with van der Waals surface area (Å²) in [4.78, 5) is 0.417. The highest BCUT2D eigenvalue weighted by Crippen LogP contribution is 2.38. The van der Waals surface area contributed by atoms with Crippen LogP contribution in [-0.4, -0.2) is 35.7 Å². The number of aromatic nitrogens is 2. The summed E-state index contributed by atoms with van der Waals surface area (Å²) in [7, 11) is -3.63. The van der Waals surface area contributed by atoms with Crippen LogP contribution in [0.5, 0.6) is 0 Å². The Morgan fingerprint density at radius 3 is 2.48 bits per heavy atom. The van der Waals surface area contributed by atoms with E-state index in [-0.39, 0.29) is 17.8 Å². The first-order valence-electron chi connectivity index (χ1n) is 8.85. The minimum Gasteiger partial charge on any atom is -0.391 e. The first kappa shape index (κ1) is 21.5. The van der Waals surface area contributed by atoms with E-state index in [2.05, 4.69) is 9.82 Å². The number of halogens is 2. The van der Waals surface area contributed by atoms with Crippen molar-refractivity contribution >= 4 is 38.8 Å². The van der Waals surface area contributed by atoms with E-state index in [4.69, 9.17) is 0 Å². The lowest BCUT2D eigenvalue weighted by Crippen LogP contribution is -2.45. The maximum atomic E-state index is 14.3. The molecule has 1 aromatic heterocycles. The Hall–Kier alpha value is -2.17. The predicted molar refractivity (Wildman–Crippen MR) is 111 cm³/mol. The van der Waals surface area contributed by atoms with Crippen molar-refractivity contribution in [2.45, 2.75) is 36.8 Å². The molecule has 0 radical (unpaired) electrons. The van der Waals surface area contributed by atoms with Crippen molar-refractivity contribution in [3.05, 3.63) is 54.0 Å². The summed E-state index contributed by atoms with van der Waals surface area (Å²) in [6, 6.07) is 8.90. The molecular weight excluding hydrogens is 420 g/mol. The molecule has 1 heterocycles. The average Bonchev–Trinajstić information content (AvgIpc) is 3.06. The Labute approximate surface area is 172 Å². The largest absolute Gasteiger partial charge is 0.391 e. The fourth-order valence-corrected chi connectivity index (χ4v) is 4.49. The predicted octanol–water partition coefficient (Wildman–Crippen LogP) is 4.06. The molecule has 0 saturated carbocycles. The molecule has 156 valence electrons. The van der Waals surface area contributed by atoms with Crippen molar-refractivity contribution < 1.29 is 21.8 Å². The number of aliphatic hydroxyl groups excluding tert-OH is 1. The quantitative estimate of drug-likeness (QED) is 0.578. The van der Waals surface area contributed by atoms with Crippen LogP contribution in [0.3, 0.4) is 0 Å². The molecule has 0 aliphatic heterocycles. The van der Waals surface area contributed by atoms with Gasteiger partial charge in [0.05, 0.1) is 41.9 Å². The first-order valence-corrected chi connectivity index (χ1v) is 11.5. The Kier molecular flexibility index (Phi) is 5.88. The van der Waals surface area contributed by atoms with Gasteiger partial charge in [0.25, 0.3) is 0 Å². The van der Waals surface area contributed by atoms with Gasteiger partial charge in [-0.15, -0.1) is 0 Å². The maximum Gasteiger partial charge on any atom is 0.229 e. The summed E-state index contributed by atoms with van der Waals surface area (Å²) in [6.07, 6.45) is 1.87. The molecule has 0 amide bonds.